The molecule has 2 rings (SSSR count). The van der Waals surface area contributed by atoms with Crippen molar-refractivity contribution in [3.8, 4) is 5.75 Å². The fraction of sp³-hybridized carbons (Fsp3) is 0.304. The first kappa shape index (κ1) is 21.2. The molecular formula is C23H27NO4. The number of esters is 1. The summed E-state index contributed by atoms with van der Waals surface area (Å²) in [7, 11) is 1.37. The third-order valence-electron chi connectivity index (χ3n) is 4.67. The lowest BCUT2D eigenvalue weighted by molar-refractivity contribution is -0.133. The van der Waals surface area contributed by atoms with Gasteiger partial charge in [-0.05, 0) is 61.6 Å². The molecule has 0 unspecified atom stereocenters. The van der Waals surface area contributed by atoms with Gasteiger partial charge in [0.1, 0.15) is 12.4 Å². The van der Waals surface area contributed by atoms with Crippen LogP contribution in [0.2, 0.25) is 0 Å². The summed E-state index contributed by atoms with van der Waals surface area (Å²) in [6.07, 6.45) is 2.39. The van der Waals surface area contributed by atoms with Gasteiger partial charge in [0, 0.05) is 5.56 Å². The Hall–Kier alpha value is -3.08. The number of hydrogen-bond donors (Lipinski definition) is 1. The second-order valence-corrected chi connectivity index (χ2v) is 6.47. The minimum atomic E-state index is -0.373. The van der Waals surface area contributed by atoms with E-state index in [1.807, 2.05) is 64.1 Å². The smallest absolute Gasteiger partial charge is 0.338 e. The van der Waals surface area contributed by atoms with Gasteiger partial charge < -0.3 is 14.7 Å². The number of hydrogen-bond acceptors (Lipinski definition) is 5. The predicted molar refractivity (Wildman–Crippen MR) is 111 cm³/mol. The van der Waals surface area contributed by atoms with E-state index in [0.29, 0.717) is 24.3 Å². The van der Waals surface area contributed by atoms with Crippen molar-refractivity contribution in [3.63, 3.8) is 0 Å². The topological polar surface area (TPSA) is 68.1 Å². The molecule has 2 aromatic rings. The fourth-order valence-electron chi connectivity index (χ4n) is 3.13. The van der Waals surface area contributed by atoms with Crippen LogP contribution >= 0.6 is 0 Å². The van der Waals surface area contributed by atoms with E-state index in [1.54, 1.807) is 6.08 Å². The van der Waals surface area contributed by atoms with Crippen LogP contribution in [0, 0.1) is 13.8 Å². The summed E-state index contributed by atoms with van der Waals surface area (Å²) in [5, 5.41) is 12.6. The SMILES string of the molecule is CC=C(C(=O)OC)c1ccccc1COc1cc(C)c(/C(CC)=N\O)cc1C. The zero-order chi connectivity index (χ0) is 20.7. The van der Waals surface area contributed by atoms with Crippen molar-refractivity contribution < 1.29 is 19.5 Å². The number of allylic oxidation sites excluding steroid dienone is 1. The quantitative estimate of drug-likeness (QED) is 0.240. The van der Waals surface area contributed by atoms with E-state index >= 15 is 0 Å². The molecule has 0 amide bonds. The maximum absolute atomic E-state index is 12.1. The molecular weight excluding hydrogens is 354 g/mol. The van der Waals surface area contributed by atoms with Crippen molar-refractivity contribution in [1.82, 2.24) is 0 Å². The summed E-state index contributed by atoms with van der Waals surface area (Å²) in [5.74, 6) is 0.381. The number of benzene rings is 2. The van der Waals surface area contributed by atoms with Crippen molar-refractivity contribution in [2.45, 2.75) is 40.7 Å². The van der Waals surface area contributed by atoms with Gasteiger partial charge in [0.05, 0.1) is 18.4 Å². The Morgan fingerprint density at radius 3 is 2.46 bits per heavy atom. The normalized spacial score (nSPS) is 12.0. The van der Waals surface area contributed by atoms with Crippen molar-refractivity contribution in [1.29, 1.82) is 0 Å². The van der Waals surface area contributed by atoms with E-state index in [1.165, 1.54) is 7.11 Å². The molecule has 0 heterocycles. The molecule has 0 aliphatic carbocycles. The summed E-state index contributed by atoms with van der Waals surface area (Å²) >= 11 is 0. The lowest BCUT2D eigenvalue weighted by Crippen LogP contribution is -2.08. The summed E-state index contributed by atoms with van der Waals surface area (Å²) in [5.41, 5.74) is 5.69. The Bertz CT molecular complexity index is 913. The number of aryl methyl sites for hydroxylation is 2. The highest BCUT2D eigenvalue weighted by Crippen LogP contribution is 2.27. The third kappa shape index (κ3) is 4.60. The molecule has 2 aromatic carbocycles. The molecule has 0 atom stereocenters. The lowest BCUT2D eigenvalue weighted by atomic mass is 9.98. The van der Waals surface area contributed by atoms with Gasteiger partial charge in [-0.1, -0.05) is 42.4 Å². The summed E-state index contributed by atoms with van der Waals surface area (Å²) in [6, 6.07) is 11.5. The number of methoxy groups -OCH3 is 1. The number of rotatable bonds is 7. The second-order valence-electron chi connectivity index (χ2n) is 6.47. The first-order chi connectivity index (χ1) is 13.5. The van der Waals surface area contributed by atoms with Gasteiger partial charge in [-0.15, -0.1) is 0 Å². The van der Waals surface area contributed by atoms with Crippen LogP contribution < -0.4 is 4.74 Å². The van der Waals surface area contributed by atoms with Crippen molar-refractivity contribution in [2.24, 2.45) is 5.16 Å². The molecule has 0 aromatic heterocycles. The Balaban J connectivity index is 2.31. The van der Waals surface area contributed by atoms with E-state index < -0.39 is 0 Å². The molecule has 148 valence electrons. The van der Waals surface area contributed by atoms with E-state index in [9.17, 15) is 10.0 Å². The van der Waals surface area contributed by atoms with Gasteiger partial charge in [-0.25, -0.2) is 4.79 Å². The molecule has 0 saturated heterocycles. The van der Waals surface area contributed by atoms with Gasteiger partial charge >= 0.3 is 5.97 Å². The molecule has 0 fully saturated rings. The van der Waals surface area contributed by atoms with E-state index in [2.05, 4.69) is 5.16 Å². The van der Waals surface area contributed by atoms with Crippen LogP contribution in [0.25, 0.3) is 5.57 Å². The highest BCUT2D eigenvalue weighted by molar-refractivity contribution is 6.16. The molecule has 5 heteroatoms. The molecule has 1 N–H and O–H groups in total. The largest absolute Gasteiger partial charge is 0.489 e. The van der Waals surface area contributed by atoms with E-state index in [4.69, 9.17) is 9.47 Å². The van der Waals surface area contributed by atoms with Crippen LogP contribution in [-0.4, -0.2) is 24.0 Å². The van der Waals surface area contributed by atoms with Gasteiger partial charge in [0.25, 0.3) is 0 Å². The zero-order valence-electron chi connectivity index (χ0n) is 17.1. The minimum absolute atomic E-state index is 0.318. The maximum Gasteiger partial charge on any atom is 0.338 e. The average molecular weight is 381 g/mol. The monoisotopic (exact) mass is 381 g/mol. The minimum Gasteiger partial charge on any atom is -0.489 e. The average Bonchev–Trinajstić information content (AvgIpc) is 2.71. The molecule has 0 aliphatic rings. The Morgan fingerprint density at radius 1 is 1.14 bits per heavy atom. The van der Waals surface area contributed by atoms with Gasteiger partial charge in [-0.3, -0.25) is 0 Å². The molecule has 28 heavy (non-hydrogen) atoms. The van der Waals surface area contributed by atoms with E-state index in [-0.39, 0.29) is 5.97 Å². The summed E-state index contributed by atoms with van der Waals surface area (Å²) in [4.78, 5) is 12.1. The molecule has 0 radical (unpaired) electrons. The maximum atomic E-state index is 12.1. The first-order valence-electron chi connectivity index (χ1n) is 9.25. The van der Waals surface area contributed by atoms with Crippen LogP contribution in [-0.2, 0) is 16.1 Å². The molecule has 0 saturated carbocycles. The Morgan fingerprint density at radius 2 is 1.86 bits per heavy atom. The van der Waals surface area contributed by atoms with Crippen LogP contribution in [0.3, 0.4) is 0 Å². The predicted octanol–water partition coefficient (Wildman–Crippen LogP) is 5.05. The number of nitrogens with zero attached hydrogens (tertiary/aromatic N) is 1. The standard InChI is InChI=1S/C23H27NO4/c1-6-18(23(25)27-5)19-11-9-8-10-17(19)14-28-22-13-15(3)20(12-16(22)4)21(7-2)24-26/h6,8-13,26H,7,14H2,1-5H3/b18-6?,24-21-. The van der Waals surface area contributed by atoms with Gasteiger partial charge in [0.2, 0.25) is 0 Å². The lowest BCUT2D eigenvalue weighted by Gasteiger charge is -2.16. The summed E-state index contributed by atoms with van der Waals surface area (Å²) < 4.78 is 11.0. The van der Waals surface area contributed by atoms with Crippen LogP contribution in [0.4, 0.5) is 0 Å². The van der Waals surface area contributed by atoms with Crippen LogP contribution in [0.15, 0.2) is 47.6 Å². The van der Waals surface area contributed by atoms with Crippen molar-refractivity contribution in [3.05, 3.63) is 70.3 Å². The fourth-order valence-corrected chi connectivity index (χ4v) is 3.13. The molecule has 0 spiro atoms. The van der Waals surface area contributed by atoms with Gasteiger partial charge in [0.15, 0.2) is 0 Å². The van der Waals surface area contributed by atoms with Gasteiger partial charge in [-0.2, -0.15) is 0 Å². The Kier molecular flexibility index (Phi) is 7.38. The van der Waals surface area contributed by atoms with Crippen LogP contribution in [0.5, 0.6) is 5.75 Å². The number of carbonyl (C=O) groups excluding carboxylic acids is 1. The van der Waals surface area contributed by atoms with E-state index in [0.717, 1.165) is 33.6 Å². The van der Waals surface area contributed by atoms with Crippen molar-refractivity contribution in [2.75, 3.05) is 7.11 Å². The zero-order valence-corrected chi connectivity index (χ0v) is 17.1. The van der Waals surface area contributed by atoms with Crippen molar-refractivity contribution >= 4 is 17.3 Å². The summed E-state index contributed by atoms with van der Waals surface area (Å²) in [6.45, 7) is 8.00. The number of carbonyl (C=O) groups is 1. The number of oxime groups is 1. The third-order valence-corrected chi connectivity index (χ3v) is 4.67. The second kappa shape index (κ2) is 9.74. The Labute approximate surface area is 166 Å². The molecule has 5 nitrogen and oxygen atoms in total. The molecule has 0 bridgehead atoms. The van der Waals surface area contributed by atoms with Crippen LogP contribution in [0.1, 0.15) is 48.1 Å². The first-order valence-corrected chi connectivity index (χ1v) is 9.25. The molecule has 0 aliphatic heterocycles. The number of ether oxygens (including phenoxy) is 2. The highest BCUT2D eigenvalue weighted by atomic mass is 16.5. The highest BCUT2D eigenvalue weighted by Gasteiger charge is 2.16.